The van der Waals surface area contributed by atoms with Gasteiger partial charge in [0.05, 0.1) is 5.25 Å². The molecule has 18 heavy (non-hydrogen) atoms. The van der Waals surface area contributed by atoms with Gasteiger partial charge in [-0.3, -0.25) is 4.72 Å². The molecule has 0 aliphatic rings. The summed E-state index contributed by atoms with van der Waals surface area (Å²) < 4.78 is 27.8. The highest BCUT2D eigenvalue weighted by atomic mass is 127. The van der Waals surface area contributed by atoms with Gasteiger partial charge in [0.25, 0.3) is 0 Å². The van der Waals surface area contributed by atoms with E-state index in [9.17, 15) is 8.42 Å². The minimum absolute atomic E-state index is 0.279. The molecule has 0 aliphatic heterocycles. The number of sulfonamides is 1. The number of nitrogens with one attached hydrogen (secondary N) is 2. The molecule has 1 atom stereocenters. The highest BCUT2D eigenvalue weighted by Gasteiger charge is 2.20. The third kappa shape index (κ3) is 5.11. The van der Waals surface area contributed by atoms with E-state index in [-0.39, 0.29) is 6.04 Å². The van der Waals surface area contributed by atoms with Gasteiger partial charge in [-0.05, 0) is 53.8 Å². The first-order chi connectivity index (χ1) is 8.31. The Balaban J connectivity index is 2.66. The number of anilines is 1. The van der Waals surface area contributed by atoms with Crippen molar-refractivity contribution >= 4 is 38.3 Å². The topological polar surface area (TPSA) is 58.2 Å². The summed E-state index contributed by atoms with van der Waals surface area (Å²) in [5.74, 6) is 0. The Kier molecular flexibility index (Phi) is 5.87. The fourth-order valence-electron chi connectivity index (χ4n) is 1.29. The average Bonchev–Trinajstić information content (AvgIpc) is 2.28. The lowest BCUT2D eigenvalue weighted by molar-refractivity contribution is 0.553. The Bertz CT molecular complexity index is 471. The minimum atomic E-state index is -3.34. The summed E-state index contributed by atoms with van der Waals surface area (Å²) in [6.07, 6.45) is 0. The highest BCUT2D eigenvalue weighted by molar-refractivity contribution is 14.1. The molecule has 0 aromatic heterocycles. The molecule has 6 heteroatoms. The van der Waals surface area contributed by atoms with E-state index in [4.69, 9.17) is 0 Å². The fraction of sp³-hybridized carbons (Fsp3) is 0.500. The van der Waals surface area contributed by atoms with Gasteiger partial charge in [-0.2, -0.15) is 0 Å². The minimum Gasteiger partial charge on any atom is -0.313 e. The molecule has 0 aliphatic carbocycles. The predicted octanol–water partition coefficient (Wildman–Crippen LogP) is 2.42. The van der Waals surface area contributed by atoms with E-state index in [0.717, 1.165) is 3.57 Å². The van der Waals surface area contributed by atoms with Crippen LogP contribution in [0, 0.1) is 3.57 Å². The van der Waals surface area contributed by atoms with Crippen molar-refractivity contribution in [2.45, 2.75) is 32.1 Å². The molecule has 2 N–H and O–H groups in total. The Labute approximate surface area is 123 Å². The summed E-state index contributed by atoms with van der Waals surface area (Å²) in [4.78, 5) is 0. The SMILES string of the molecule is CC(C)NCC(C)S(=O)(=O)Nc1ccc(I)cc1. The Morgan fingerprint density at radius 1 is 1.17 bits per heavy atom. The molecule has 102 valence electrons. The Morgan fingerprint density at radius 3 is 2.22 bits per heavy atom. The maximum Gasteiger partial charge on any atom is 0.236 e. The lowest BCUT2D eigenvalue weighted by atomic mass is 10.3. The Hall–Kier alpha value is -0.340. The van der Waals surface area contributed by atoms with Crippen LogP contribution in [0.25, 0.3) is 0 Å². The van der Waals surface area contributed by atoms with Gasteiger partial charge in [0.2, 0.25) is 10.0 Å². The molecule has 0 radical (unpaired) electrons. The smallest absolute Gasteiger partial charge is 0.236 e. The van der Waals surface area contributed by atoms with E-state index < -0.39 is 15.3 Å². The van der Waals surface area contributed by atoms with Crippen LogP contribution < -0.4 is 10.0 Å². The standard InChI is InChI=1S/C12H19IN2O2S/c1-9(2)14-8-10(3)18(16,17)15-12-6-4-11(13)5-7-12/h4-7,9-10,14-15H,8H2,1-3H3. The molecular weight excluding hydrogens is 363 g/mol. The summed E-state index contributed by atoms with van der Waals surface area (Å²) >= 11 is 2.18. The van der Waals surface area contributed by atoms with Crippen LogP contribution in [0.15, 0.2) is 24.3 Å². The summed E-state index contributed by atoms with van der Waals surface area (Å²) in [5.41, 5.74) is 0.604. The maximum atomic E-state index is 12.0. The third-order valence-corrected chi connectivity index (χ3v) is 4.91. The molecule has 0 fully saturated rings. The molecule has 0 saturated carbocycles. The van der Waals surface area contributed by atoms with Gasteiger partial charge in [0.15, 0.2) is 0 Å². The van der Waals surface area contributed by atoms with Gasteiger partial charge in [0, 0.05) is 21.8 Å². The fourth-order valence-corrected chi connectivity index (χ4v) is 2.64. The van der Waals surface area contributed by atoms with Crippen LogP contribution in [0.2, 0.25) is 0 Å². The second-order valence-electron chi connectivity index (χ2n) is 4.53. The van der Waals surface area contributed by atoms with Crippen molar-refractivity contribution in [2.75, 3.05) is 11.3 Å². The van der Waals surface area contributed by atoms with Crippen molar-refractivity contribution in [3.05, 3.63) is 27.8 Å². The van der Waals surface area contributed by atoms with Gasteiger partial charge in [-0.1, -0.05) is 13.8 Å². The van der Waals surface area contributed by atoms with Crippen LogP contribution in [0.5, 0.6) is 0 Å². The number of hydrogen-bond donors (Lipinski definition) is 2. The van der Waals surface area contributed by atoms with E-state index in [1.165, 1.54) is 0 Å². The summed E-state index contributed by atoms with van der Waals surface area (Å²) in [6, 6.07) is 7.55. The van der Waals surface area contributed by atoms with Crippen LogP contribution in [-0.2, 0) is 10.0 Å². The van der Waals surface area contributed by atoms with Crippen LogP contribution in [0.1, 0.15) is 20.8 Å². The highest BCUT2D eigenvalue weighted by Crippen LogP contribution is 2.14. The zero-order chi connectivity index (χ0) is 13.8. The first-order valence-corrected chi connectivity index (χ1v) is 8.44. The molecule has 1 aromatic rings. The van der Waals surface area contributed by atoms with Crippen molar-refractivity contribution in [3.8, 4) is 0 Å². The molecule has 0 saturated heterocycles. The van der Waals surface area contributed by atoms with Crippen molar-refractivity contribution in [1.29, 1.82) is 0 Å². The first-order valence-electron chi connectivity index (χ1n) is 5.82. The monoisotopic (exact) mass is 382 g/mol. The van der Waals surface area contributed by atoms with Crippen LogP contribution in [-0.4, -0.2) is 26.3 Å². The second-order valence-corrected chi connectivity index (χ2v) is 7.87. The normalized spacial score (nSPS) is 13.6. The maximum absolute atomic E-state index is 12.0. The van der Waals surface area contributed by atoms with Crippen molar-refractivity contribution in [1.82, 2.24) is 5.32 Å². The van der Waals surface area contributed by atoms with Gasteiger partial charge in [-0.15, -0.1) is 0 Å². The molecule has 0 spiro atoms. The first kappa shape index (κ1) is 15.7. The van der Waals surface area contributed by atoms with Crippen molar-refractivity contribution < 1.29 is 8.42 Å². The van der Waals surface area contributed by atoms with E-state index in [0.29, 0.717) is 12.2 Å². The zero-order valence-corrected chi connectivity index (χ0v) is 13.7. The molecule has 1 aromatic carbocycles. The van der Waals surface area contributed by atoms with Gasteiger partial charge in [0.1, 0.15) is 0 Å². The van der Waals surface area contributed by atoms with Crippen molar-refractivity contribution in [2.24, 2.45) is 0 Å². The van der Waals surface area contributed by atoms with E-state index in [1.54, 1.807) is 19.1 Å². The quantitative estimate of drug-likeness (QED) is 0.743. The third-order valence-electron chi connectivity index (χ3n) is 2.45. The average molecular weight is 382 g/mol. The molecule has 0 amide bonds. The molecule has 1 rings (SSSR count). The number of hydrogen-bond acceptors (Lipinski definition) is 3. The van der Waals surface area contributed by atoms with E-state index >= 15 is 0 Å². The summed E-state index contributed by atoms with van der Waals surface area (Å²) in [5, 5.41) is 2.65. The largest absolute Gasteiger partial charge is 0.313 e. The second kappa shape index (κ2) is 6.72. The van der Waals surface area contributed by atoms with E-state index in [2.05, 4.69) is 32.6 Å². The van der Waals surface area contributed by atoms with Crippen LogP contribution in [0.4, 0.5) is 5.69 Å². The number of rotatable bonds is 6. The molecule has 1 unspecified atom stereocenters. The van der Waals surface area contributed by atoms with Gasteiger partial charge >= 0.3 is 0 Å². The molecule has 4 nitrogen and oxygen atoms in total. The molecule has 0 bridgehead atoms. The summed E-state index contributed by atoms with van der Waals surface area (Å²) in [6.45, 7) is 6.12. The lowest BCUT2D eigenvalue weighted by Crippen LogP contribution is -2.37. The van der Waals surface area contributed by atoms with Crippen LogP contribution >= 0.6 is 22.6 Å². The Morgan fingerprint density at radius 2 is 1.72 bits per heavy atom. The van der Waals surface area contributed by atoms with E-state index in [1.807, 2.05) is 26.0 Å². The van der Waals surface area contributed by atoms with Crippen molar-refractivity contribution in [3.63, 3.8) is 0 Å². The lowest BCUT2D eigenvalue weighted by Gasteiger charge is -2.17. The summed E-state index contributed by atoms with van der Waals surface area (Å²) in [7, 11) is -3.34. The number of halogens is 1. The number of benzene rings is 1. The van der Waals surface area contributed by atoms with Gasteiger partial charge in [-0.25, -0.2) is 8.42 Å². The zero-order valence-electron chi connectivity index (χ0n) is 10.8. The molecule has 0 heterocycles. The molecular formula is C12H19IN2O2S. The predicted molar refractivity (Wildman–Crippen MR) is 84.3 cm³/mol. The van der Waals surface area contributed by atoms with Gasteiger partial charge < -0.3 is 5.32 Å². The van der Waals surface area contributed by atoms with Crippen LogP contribution in [0.3, 0.4) is 0 Å².